The molecule has 1 heterocycles. The van der Waals surface area contributed by atoms with Gasteiger partial charge in [0.15, 0.2) is 14.6 Å². The van der Waals surface area contributed by atoms with Gasteiger partial charge in [0.05, 0.1) is 0 Å². The van der Waals surface area contributed by atoms with Crippen LogP contribution in [-0.4, -0.2) is 49.4 Å². The van der Waals surface area contributed by atoms with Crippen LogP contribution in [0.15, 0.2) is 0 Å². The Morgan fingerprint density at radius 1 is 1.35 bits per heavy atom. The normalized spacial score (nSPS) is 29.2. The number of carbonyl (C=O) groups excluding carboxylic acids is 1. The summed E-state index contributed by atoms with van der Waals surface area (Å²) < 4.78 is 23.1. The van der Waals surface area contributed by atoms with Crippen LogP contribution in [0.3, 0.4) is 0 Å². The van der Waals surface area contributed by atoms with Gasteiger partial charge >= 0.3 is 0 Å². The fourth-order valence-electron chi connectivity index (χ4n) is 3.55. The quantitative estimate of drug-likeness (QED) is 0.838. The van der Waals surface area contributed by atoms with Crippen molar-refractivity contribution in [3.63, 3.8) is 0 Å². The van der Waals surface area contributed by atoms with Crippen LogP contribution in [0, 0.1) is 5.92 Å². The zero-order chi connectivity index (χ0) is 14.3. The van der Waals surface area contributed by atoms with E-state index >= 15 is 0 Å². The third-order valence-electron chi connectivity index (χ3n) is 4.77. The molecular formula is C13H25ClN2O3S. The molecule has 1 saturated carbocycles. The van der Waals surface area contributed by atoms with Gasteiger partial charge in [-0.05, 0) is 38.6 Å². The van der Waals surface area contributed by atoms with E-state index in [1.807, 2.05) is 6.92 Å². The van der Waals surface area contributed by atoms with Crippen molar-refractivity contribution in [1.29, 1.82) is 0 Å². The second kappa shape index (κ2) is 6.20. The predicted octanol–water partition coefficient (Wildman–Crippen LogP) is 0.961. The van der Waals surface area contributed by atoms with Gasteiger partial charge < -0.3 is 10.6 Å². The standard InChI is InChI=1S/C13H24N2O3S.ClH/c1-10-7-11(8-14)9-15(10)12(16)13(19(2,17)18)5-3-4-6-13;/h10-11H,3-9,14H2,1-2H3;1H. The van der Waals surface area contributed by atoms with Crippen molar-refractivity contribution in [3.05, 3.63) is 0 Å². The summed E-state index contributed by atoms with van der Waals surface area (Å²) in [4.78, 5) is 14.5. The number of amides is 1. The first-order valence-electron chi connectivity index (χ1n) is 7.02. The fraction of sp³-hybridized carbons (Fsp3) is 0.923. The molecule has 0 radical (unpaired) electrons. The van der Waals surface area contributed by atoms with Gasteiger partial charge in [0.25, 0.3) is 0 Å². The SMILES string of the molecule is CC1CC(CN)CN1C(=O)C1(S(C)(=O)=O)CCCC1.Cl. The summed E-state index contributed by atoms with van der Waals surface area (Å²) in [5.41, 5.74) is 5.67. The van der Waals surface area contributed by atoms with Crippen LogP contribution in [0.1, 0.15) is 39.0 Å². The van der Waals surface area contributed by atoms with Crippen molar-refractivity contribution in [1.82, 2.24) is 4.90 Å². The van der Waals surface area contributed by atoms with Gasteiger partial charge in [-0.15, -0.1) is 12.4 Å². The van der Waals surface area contributed by atoms with E-state index in [2.05, 4.69) is 0 Å². The van der Waals surface area contributed by atoms with Gasteiger partial charge in [-0.1, -0.05) is 12.8 Å². The molecule has 1 saturated heterocycles. The molecule has 20 heavy (non-hydrogen) atoms. The lowest BCUT2D eigenvalue weighted by atomic mass is 10.0. The van der Waals surface area contributed by atoms with Crippen molar-refractivity contribution >= 4 is 28.2 Å². The molecule has 7 heteroatoms. The lowest BCUT2D eigenvalue weighted by molar-refractivity contribution is -0.134. The van der Waals surface area contributed by atoms with Crippen molar-refractivity contribution < 1.29 is 13.2 Å². The maximum absolute atomic E-state index is 12.8. The molecule has 2 N–H and O–H groups in total. The number of likely N-dealkylation sites (tertiary alicyclic amines) is 1. The largest absolute Gasteiger partial charge is 0.338 e. The second-order valence-corrected chi connectivity index (χ2v) is 8.44. The number of sulfone groups is 1. The minimum atomic E-state index is -3.37. The van der Waals surface area contributed by atoms with Crippen LogP contribution < -0.4 is 5.73 Å². The van der Waals surface area contributed by atoms with Gasteiger partial charge in [0, 0.05) is 18.8 Å². The van der Waals surface area contributed by atoms with Crippen LogP contribution in [0.4, 0.5) is 0 Å². The Kier molecular flexibility index (Phi) is 5.49. The number of carbonyl (C=O) groups is 1. The van der Waals surface area contributed by atoms with Crippen LogP contribution in [0.5, 0.6) is 0 Å². The number of hydrogen-bond donors (Lipinski definition) is 1. The summed E-state index contributed by atoms with van der Waals surface area (Å²) in [6.07, 6.45) is 4.67. The minimum Gasteiger partial charge on any atom is -0.338 e. The molecule has 0 bridgehead atoms. The zero-order valence-electron chi connectivity index (χ0n) is 12.2. The smallest absolute Gasteiger partial charge is 0.244 e. The Hall–Kier alpha value is -0.330. The van der Waals surface area contributed by atoms with Crippen molar-refractivity contribution in [2.24, 2.45) is 11.7 Å². The van der Waals surface area contributed by atoms with Gasteiger partial charge in [-0.2, -0.15) is 0 Å². The summed E-state index contributed by atoms with van der Waals surface area (Å²) in [5.74, 6) is 0.118. The number of halogens is 1. The molecule has 118 valence electrons. The molecule has 0 spiro atoms. The average Bonchev–Trinajstić information content (AvgIpc) is 2.94. The highest BCUT2D eigenvalue weighted by Crippen LogP contribution is 2.40. The van der Waals surface area contributed by atoms with Crippen LogP contribution >= 0.6 is 12.4 Å². The summed E-state index contributed by atoms with van der Waals surface area (Å²) in [6, 6.07) is 0.0975. The van der Waals surface area contributed by atoms with E-state index in [1.54, 1.807) is 4.90 Å². The average molecular weight is 325 g/mol. The molecule has 0 aromatic carbocycles. The molecule has 1 amide bonds. The Bertz CT molecular complexity index is 460. The van der Waals surface area contributed by atoms with E-state index in [1.165, 1.54) is 6.26 Å². The second-order valence-electron chi connectivity index (χ2n) is 6.12. The van der Waals surface area contributed by atoms with Gasteiger partial charge in [0.1, 0.15) is 0 Å². The van der Waals surface area contributed by atoms with Crippen molar-refractivity contribution in [2.45, 2.75) is 49.8 Å². The zero-order valence-corrected chi connectivity index (χ0v) is 13.8. The third kappa shape index (κ3) is 2.83. The molecular weight excluding hydrogens is 300 g/mol. The Morgan fingerprint density at radius 3 is 2.30 bits per heavy atom. The summed E-state index contributed by atoms with van der Waals surface area (Å²) >= 11 is 0. The number of hydrogen-bond acceptors (Lipinski definition) is 4. The lowest BCUT2D eigenvalue weighted by Gasteiger charge is -2.33. The third-order valence-corrected chi connectivity index (χ3v) is 6.77. The molecule has 2 aliphatic rings. The molecule has 2 rings (SSSR count). The van der Waals surface area contributed by atoms with E-state index in [0.717, 1.165) is 19.3 Å². The van der Waals surface area contributed by atoms with Gasteiger partial charge in [-0.25, -0.2) is 8.42 Å². The van der Waals surface area contributed by atoms with Crippen LogP contribution in [0.25, 0.3) is 0 Å². The summed E-state index contributed by atoms with van der Waals surface area (Å²) in [6.45, 7) is 3.15. The van der Waals surface area contributed by atoms with Crippen LogP contribution in [-0.2, 0) is 14.6 Å². The number of rotatable bonds is 3. The summed E-state index contributed by atoms with van der Waals surface area (Å²) in [5, 5.41) is 0. The van der Waals surface area contributed by atoms with E-state index in [-0.39, 0.29) is 24.4 Å². The van der Waals surface area contributed by atoms with E-state index in [9.17, 15) is 13.2 Å². The highest BCUT2D eigenvalue weighted by molar-refractivity contribution is 7.92. The highest BCUT2D eigenvalue weighted by atomic mass is 35.5. The first-order valence-corrected chi connectivity index (χ1v) is 8.91. The van der Waals surface area contributed by atoms with Gasteiger partial charge in [-0.3, -0.25) is 4.79 Å². The first-order chi connectivity index (χ1) is 8.82. The highest BCUT2D eigenvalue weighted by Gasteiger charge is 2.53. The number of nitrogens with zero attached hydrogens (tertiary/aromatic N) is 1. The van der Waals surface area contributed by atoms with E-state index < -0.39 is 14.6 Å². The molecule has 2 atom stereocenters. The molecule has 0 aromatic heterocycles. The topological polar surface area (TPSA) is 80.5 Å². The molecule has 2 unspecified atom stereocenters. The molecule has 0 aromatic rings. The molecule has 5 nitrogen and oxygen atoms in total. The van der Waals surface area contributed by atoms with E-state index in [0.29, 0.717) is 31.8 Å². The van der Waals surface area contributed by atoms with Crippen molar-refractivity contribution in [3.8, 4) is 0 Å². The van der Waals surface area contributed by atoms with Crippen molar-refractivity contribution in [2.75, 3.05) is 19.3 Å². The first kappa shape index (κ1) is 17.7. The fourth-order valence-corrected chi connectivity index (χ4v) is 5.01. The van der Waals surface area contributed by atoms with Gasteiger partial charge in [0.2, 0.25) is 5.91 Å². The predicted molar refractivity (Wildman–Crippen MR) is 81.6 cm³/mol. The Balaban J connectivity index is 0.00000200. The molecule has 1 aliphatic heterocycles. The van der Waals surface area contributed by atoms with E-state index in [4.69, 9.17) is 5.73 Å². The van der Waals surface area contributed by atoms with Crippen LogP contribution in [0.2, 0.25) is 0 Å². The maximum Gasteiger partial charge on any atom is 0.244 e. The number of nitrogens with two attached hydrogens (primary N) is 1. The molecule has 2 fully saturated rings. The Labute approximate surface area is 127 Å². The molecule has 1 aliphatic carbocycles. The lowest BCUT2D eigenvalue weighted by Crippen LogP contribution is -2.53. The Morgan fingerprint density at radius 2 is 1.90 bits per heavy atom. The minimum absolute atomic E-state index is 0. The monoisotopic (exact) mass is 324 g/mol. The maximum atomic E-state index is 12.8. The summed E-state index contributed by atoms with van der Waals surface area (Å²) in [7, 11) is -3.37.